The number of rotatable bonds is 3. The second kappa shape index (κ2) is 4.57. The molecule has 0 bridgehead atoms. The first kappa shape index (κ1) is 10.4. The molecule has 2 aliphatic heterocycles. The van der Waals surface area contributed by atoms with Crippen molar-refractivity contribution in [2.24, 2.45) is 11.7 Å². The predicted octanol–water partition coefficient (Wildman–Crippen LogP) is -0.319. The summed E-state index contributed by atoms with van der Waals surface area (Å²) in [6.07, 6.45) is 1.58. The molecule has 4 heteroatoms. The van der Waals surface area contributed by atoms with Gasteiger partial charge in [0.25, 0.3) is 0 Å². The second-order valence-electron chi connectivity index (χ2n) is 4.37. The highest BCUT2D eigenvalue weighted by atomic mass is 16.5. The molecule has 0 aromatic heterocycles. The topological polar surface area (TPSA) is 47.7 Å². The summed E-state index contributed by atoms with van der Waals surface area (Å²) < 4.78 is 10.7. The van der Waals surface area contributed by atoms with E-state index in [0.717, 1.165) is 39.3 Å². The SMILES string of the molecule is COC1CCN(CC2COCC2N)C1. The van der Waals surface area contributed by atoms with Crippen LogP contribution in [-0.2, 0) is 9.47 Å². The zero-order valence-corrected chi connectivity index (χ0v) is 8.82. The standard InChI is InChI=1S/C10H20N2O2/c1-13-9-2-3-12(5-9)4-8-6-14-7-10(8)11/h8-10H,2-7,11H2,1H3. The molecule has 0 aromatic carbocycles. The van der Waals surface area contributed by atoms with Crippen LogP contribution in [0.15, 0.2) is 0 Å². The van der Waals surface area contributed by atoms with Crippen molar-refractivity contribution in [3.05, 3.63) is 0 Å². The Hall–Kier alpha value is -0.160. The van der Waals surface area contributed by atoms with Gasteiger partial charge in [0.15, 0.2) is 0 Å². The molecule has 2 rings (SSSR count). The van der Waals surface area contributed by atoms with Crippen LogP contribution in [0.2, 0.25) is 0 Å². The minimum Gasteiger partial charge on any atom is -0.380 e. The molecule has 2 saturated heterocycles. The summed E-state index contributed by atoms with van der Waals surface area (Å²) >= 11 is 0. The molecule has 0 amide bonds. The zero-order chi connectivity index (χ0) is 9.97. The fourth-order valence-electron chi connectivity index (χ4n) is 2.29. The molecule has 3 unspecified atom stereocenters. The fraction of sp³-hybridized carbons (Fsp3) is 1.00. The van der Waals surface area contributed by atoms with Crippen LogP contribution >= 0.6 is 0 Å². The van der Waals surface area contributed by atoms with Crippen LogP contribution in [0, 0.1) is 5.92 Å². The van der Waals surface area contributed by atoms with Gasteiger partial charge in [-0.1, -0.05) is 0 Å². The Bertz CT molecular complexity index is 189. The van der Waals surface area contributed by atoms with Crippen LogP contribution in [0.5, 0.6) is 0 Å². The van der Waals surface area contributed by atoms with E-state index in [1.54, 1.807) is 7.11 Å². The van der Waals surface area contributed by atoms with Gasteiger partial charge < -0.3 is 20.1 Å². The van der Waals surface area contributed by atoms with Gasteiger partial charge >= 0.3 is 0 Å². The Morgan fingerprint density at radius 3 is 2.93 bits per heavy atom. The van der Waals surface area contributed by atoms with Gasteiger partial charge in [0.2, 0.25) is 0 Å². The maximum atomic E-state index is 5.94. The first-order chi connectivity index (χ1) is 6.79. The Balaban J connectivity index is 1.75. The molecule has 2 aliphatic rings. The molecule has 0 spiro atoms. The lowest BCUT2D eigenvalue weighted by Crippen LogP contribution is -2.38. The van der Waals surface area contributed by atoms with Crippen LogP contribution < -0.4 is 5.73 Å². The van der Waals surface area contributed by atoms with Crippen LogP contribution in [0.4, 0.5) is 0 Å². The van der Waals surface area contributed by atoms with Crippen molar-refractivity contribution < 1.29 is 9.47 Å². The van der Waals surface area contributed by atoms with E-state index in [1.807, 2.05) is 0 Å². The molecule has 4 nitrogen and oxygen atoms in total. The number of methoxy groups -OCH3 is 1. The molecule has 14 heavy (non-hydrogen) atoms. The summed E-state index contributed by atoms with van der Waals surface area (Å²) in [7, 11) is 1.79. The van der Waals surface area contributed by atoms with Gasteiger partial charge in [-0.3, -0.25) is 0 Å². The Labute approximate surface area is 85.3 Å². The van der Waals surface area contributed by atoms with Gasteiger partial charge in [-0.05, 0) is 6.42 Å². The molecule has 2 fully saturated rings. The molecule has 2 heterocycles. The summed E-state index contributed by atoms with van der Waals surface area (Å²) in [6, 6.07) is 0.233. The summed E-state index contributed by atoms with van der Waals surface area (Å²) in [5.41, 5.74) is 5.94. The van der Waals surface area contributed by atoms with E-state index in [-0.39, 0.29) is 6.04 Å². The predicted molar refractivity (Wildman–Crippen MR) is 54.1 cm³/mol. The van der Waals surface area contributed by atoms with Gasteiger partial charge in [0, 0.05) is 38.7 Å². The molecule has 82 valence electrons. The molecule has 2 N–H and O–H groups in total. The third kappa shape index (κ3) is 2.25. The summed E-state index contributed by atoms with van der Waals surface area (Å²) in [5, 5.41) is 0. The number of ether oxygens (including phenoxy) is 2. The van der Waals surface area contributed by atoms with Crippen molar-refractivity contribution in [3.63, 3.8) is 0 Å². The number of hydrogen-bond donors (Lipinski definition) is 1. The first-order valence-corrected chi connectivity index (χ1v) is 5.38. The van der Waals surface area contributed by atoms with Gasteiger partial charge in [0.1, 0.15) is 0 Å². The quantitative estimate of drug-likeness (QED) is 0.678. The highest BCUT2D eigenvalue weighted by Gasteiger charge is 2.30. The van der Waals surface area contributed by atoms with Gasteiger partial charge in [-0.25, -0.2) is 0 Å². The van der Waals surface area contributed by atoms with Crippen molar-refractivity contribution in [2.75, 3.05) is 40.0 Å². The van der Waals surface area contributed by atoms with Crippen molar-refractivity contribution in [2.45, 2.75) is 18.6 Å². The van der Waals surface area contributed by atoms with Crippen molar-refractivity contribution in [1.29, 1.82) is 0 Å². The van der Waals surface area contributed by atoms with Crippen molar-refractivity contribution in [1.82, 2.24) is 4.90 Å². The van der Waals surface area contributed by atoms with Crippen molar-refractivity contribution >= 4 is 0 Å². The highest BCUT2D eigenvalue weighted by Crippen LogP contribution is 2.18. The third-order valence-corrected chi connectivity index (χ3v) is 3.30. The monoisotopic (exact) mass is 200 g/mol. The lowest BCUT2D eigenvalue weighted by Gasteiger charge is -2.21. The molecule has 0 saturated carbocycles. The second-order valence-corrected chi connectivity index (χ2v) is 4.37. The Morgan fingerprint density at radius 1 is 1.50 bits per heavy atom. The average Bonchev–Trinajstić information content (AvgIpc) is 2.77. The minimum absolute atomic E-state index is 0.233. The molecular weight excluding hydrogens is 180 g/mol. The maximum Gasteiger partial charge on any atom is 0.0710 e. The molecular formula is C10H20N2O2. The van der Waals surface area contributed by atoms with E-state index in [1.165, 1.54) is 0 Å². The highest BCUT2D eigenvalue weighted by molar-refractivity contribution is 4.84. The molecule has 0 aliphatic carbocycles. The lowest BCUT2D eigenvalue weighted by molar-refractivity contribution is 0.104. The minimum atomic E-state index is 0.233. The van der Waals surface area contributed by atoms with Crippen LogP contribution in [-0.4, -0.2) is 57.0 Å². The normalized spacial score (nSPS) is 39.4. The van der Waals surface area contributed by atoms with Crippen LogP contribution in [0.1, 0.15) is 6.42 Å². The summed E-state index contributed by atoms with van der Waals surface area (Å²) in [6.45, 7) is 4.82. The van der Waals surface area contributed by atoms with Gasteiger partial charge in [-0.2, -0.15) is 0 Å². The maximum absolute atomic E-state index is 5.94. The van der Waals surface area contributed by atoms with E-state index >= 15 is 0 Å². The van der Waals surface area contributed by atoms with Gasteiger partial charge in [0.05, 0.1) is 19.3 Å². The summed E-state index contributed by atoms with van der Waals surface area (Å²) in [5.74, 6) is 0.519. The number of nitrogens with zero attached hydrogens (tertiary/aromatic N) is 1. The number of nitrogens with two attached hydrogens (primary N) is 1. The summed E-state index contributed by atoms with van der Waals surface area (Å²) in [4.78, 5) is 2.44. The molecule has 3 atom stereocenters. The van der Waals surface area contributed by atoms with E-state index < -0.39 is 0 Å². The average molecular weight is 200 g/mol. The number of hydrogen-bond acceptors (Lipinski definition) is 4. The molecule has 0 radical (unpaired) electrons. The smallest absolute Gasteiger partial charge is 0.0710 e. The van der Waals surface area contributed by atoms with E-state index in [0.29, 0.717) is 12.0 Å². The Morgan fingerprint density at radius 2 is 2.36 bits per heavy atom. The largest absolute Gasteiger partial charge is 0.380 e. The lowest BCUT2D eigenvalue weighted by atomic mass is 10.0. The van der Waals surface area contributed by atoms with E-state index in [4.69, 9.17) is 15.2 Å². The van der Waals surface area contributed by atoms with Crippen LogP contribution in [0.3, 0.4) is 0 Å². The van der Waals surface area contributed by atoms with E-state index in [2.05, 4.69) is 4.90 Å². The zero-order valence-electron chi connectivity index (χ0n) is 8.82. The Kier molecular flexibility index (Phi) is 3.38. The fourth-order valence-corrected chi connectivity index (χ4v) is 2.29. The van der Waals surface area contributed by atoms with Gasteiger partial charge in [-0.15, -0.1) is 0 Å². The first-order valence-electron chi connectivity index (χ1n) is 5.38. The van der Waals surface area contributed by atoms with E-state index in [9.17, 15) is 0 Å². The third-order valence-electron chi connectivity index (χ3n) is 3.30. The van der Waals surface area contributed by atoms with Crippen LogP contribution in [0.25, 0.3) is 0 Å². The number of likely N-dealkylation sites (tertiary alicyclic amines) is 1. The van der Waals surface area contributed by atoms with Crippen molar-refractivity contribution in [3.8, 4) is 0 Å². The molecule has 0 aromatic rings.